The van der Waals surface area contributed by atoms with E-state index >= 15 is 0 Å². The smallest absolute Gasteiger partial charge is 0.320 e. The van der Waals surface area contributed by atoms with Gasteiger partial charge in [0.05, 0.1) is 0 Å². The van der Waals surface area contributed by atoms with Gasteiger partial charge in [0.2, 0.25) is 0 Å². The maximum Gasteiger partial charge on any atom is 0.320 e. The lowest BCUT2D eigenvalue weighted by Crippen LogP contribution is -2.32. The summed E-state index contributed by atoms with van der Waals surface area (Å²) in [7, 11) is 0. The van der Waals surface area contributed by atoms with Crippen LogP contribution >= 0.6 is 0 Å². The SMILES string of the molecule is Nc1cccc(CC(N)C(=O)O)n1. The standard InChI is InChI=1S/C8H11N3O2/c9-6(8(12)13)4-5-2-1-3-7(10)11-5/h1-3,6H,4,9H2,(H2,10,11)(H,12,13). The van der Waals surface area contributed by atoms with Crippen molar-refractivity contribution in [2.24, 2.45) is 5.73 Å². The number of hydrogen-bond donors (Lipinski definition) is 3. The number of nitrogens with zero attached hydrogens (tertiary/aromatic N) is 1. The second-order valence-corrected chi connectivity index (χ2v) is 2.70. The molecule has 1 heterocycles. The topological polar surface area (TPSA) is 102 Å². The van der Waals surface area contributed by atoms with Crippen molar-refractivity contribution < 1.29 is 9.90 Å². The van der Waals surface area contributed by atoms with Crippen molar-refractivity contribution in [1.29, 1.82) is 0 Å². The second-order valence-electron chi connectivity index (χ2n) is 2.70. The number of hydrogen-bond acceptors (Lipinski definition) is 4. The van der Waals surface area contributed by atoms with Crippen molar-refractivity contribution in [3.8, 4) is 0 Å². The van der Waals surface area contributed by atoms with Gasteiger partial charge in [-0.15, -0.1) is 0 Å². The normalized spacial score (nSPS) is 12.4. The lowest BCUT2D eigenvalue weighted by molar-refractivity contribution is -0.138. The van der Waals surface area contributed by atoms with E-state index in [0.29, 0.717) is 11.5 Å². The van der Waals surface area contributed by atoms with Gasteiger partial charge in [0, 0.05) is 12.1 Å². The van der Waals surface area contributed by atoms with Crippen LogP contribution in [0.3, 0.4) is 0 Å². The van der Waals surface area contributed by atoms with Gasteiger partial charge in [-0.2, -0.15) is 0 Å². The molecule has 0 aliphatic carbocycles. The van der Waals surface area contributed by atoms with Crippen molar-refractivity contribution >= 4 is 11.8 Å². The fourth-order valence-corrected chi connectivity index (χ4v) is 0.924. The Labute approximate surface area is 75.4 Å². The minimum absolute atomic E-state index is 0.195. The molecule has 5 nitrogen and oxygen atoms in total. The fraction of sp³-hybridized carbons (Fsp3) is 0.250. The molecule has 0 saturated carbocycles. The van der Waals surface area contributed by atoms with Crippen molar-refractivity contribution in [3.05, 3.63) is 23.9 Å². The van der Waals surface area contributed by atoms with Crippen molar-refractivity contribution in [3.63, 3.8) is 0 Å². The molecule has 0 spiro atoms. The number of nitrogen functional groups attached to an aromatic ring is 1. The lowest BCUT2D eigenvalue weighted by Gasteiger charge is -2.05. The third-order valence-electron chi connectivity index (χ3n) is 1.57. The van der Waals surface area contributed by atoms with Gasteiger partial charge < -0.3 is 16.6 Å². The molecule has 0 bridgehead atoms. The van der Waals surface area contributed by atoms with Crippen LogP contribution in [0.2, 0.25) is 0 Å². The molecular weight excluding hydrogens is 170 g/mol. The monoisotopic (exact) mass is 181 g/mol. The van der Waals surface area contributed by atoms with Crippen LogP contribution in [0.5, 0.6) is 0 Å². The van der Waals surface area contributed by atoms with Crippen molar-refractivity contribution in [2.75, 3.05) is 5.73 Å². The molecule has 0 aliphatic heterocycles. The molecule has 1 atom stereocenters. The Morgan fingerprint density at radius 2 is 2.31 bits per heavy atom. The van der Waals surface area contributed by atoms with Gasteiger partial charge in [-0.25, -0.2) is 4.98 Å². The first-order valence-corrected chi connectivity index (χ1v) is 3.79. The Hall–Kier alpha value is -1.62. The zero-order valence-corrected chi connectivity index (χ0v) is 6.97. The Morgan fingerprint density at radius 1 is 1.62 bits per heavy atom. The van der Waals surface area contributed by atoms with Crippen molar-refractivity contribution in [2.45, 2.75) is 12.5 Å². The number of pyridine rings is 1. The number of rotatable bonds is 3. The first kappa shape index (κ1) is 9.47. The highest BCUT2D eigenvalue weighted by atomic mass is 16.4. The number of carboxylic acids is 1. The Bertz CT molecular complexity index is 314. The largest absolute Gasteiger partial charge is 0.480 e. The Balaban J connectivity index is 2.69. The van der Waals surface area contributed by atoms with E-state index in [1.807, 2.05) is 0 Å². The molecule has 5 heteroatoms. The molecule has 0 saturated heterocycles. The number of carbonyl (C=O) groups is 1. The van der Waals surface area contributed by atoms with Crippen LogP contribution in [0.4, 0.5) is 5.82 Å². The van der Waals surface area contributed by atoms with E-state index in [1.165, 1.54) is 0 Å². The number of nitrogens with two attached hydrogens (primary N) is 2. The van der Waals surface area contributed by atoms with Crippen LogP contribution in [-0.2, 0) is 11.2 Å². The zero-order valence-electron chi connectivity index (χ0n) is 6.97. The summed E-state index contributed by atoms with van der Waals surface area (Å²) in [6.45, 7) is 0. The molecule has 0 aromatic carbocycles. The van der Waals surface area contributed by atoms with E-state index < -0.39 is 12.0 Å². The molecule has 0 radical (unpaired) electrons. The van der Waals surface area contributed by atoms with Crippen LogP contribution in [0.25, 0.3) is 0 Å². The maximum atomic E-state index is 10.4. The highest BCUT2D eigenvalue weighted by Crippen LogP contribution is 2.02. The number of aromatic nitrogens is 1. The van der Waals surface area contributed by atoms with Crippen molar-refractivity contribution in [1.82, 2.24) is 4.98 Å². The Kier molecular flexibility index (Phi) is 2.81. The van der Waals surface area contributed by atoms with E-state index in [-0.39, 0.29) is 6.42 Å². The van der Waals surface area contributed by atoms with Crippen LogP contribution in [0.1, 0.15) is 5.69 Å². The van der Waals surface area contributed by atoms with Gasteiger partial charge in [0.1, 0.15) is 11.9 Å². The van der Waals surface area contributed by atoms with Gasteiger partial charge in [-0.3, -0.25) is 4.79 Å². The van der Waals surface area contributed by atoms with E-state index in [4.69, 9.17) is 16.6 Å². The summed E-state index contributed by atoms with van der Waals surface area (Å²) in [5.41, 5.74) is 11.3. The summed E-state index contributed by atoms with van der Waals surface area (Å²) in [5.74, 6) is -0.667. The molecule has 5 N–H and O–H groups in total. The van der Waals surface area contributed by atoms with Crippen LogP contribution < -0.4 is 11.5 Å². The van der Waals surface area contributed by atoms with Gasteiger partial charge in [-0.05, 0) is 12.1 Å². The highest BCUT2D eigenvalue weighted by molar-refractivity contribution is 5.73. The van der Waals surface area contributed by atoms with E-state index in [2.05, 4.69) is 4.98 Å². The third kappa shape index (κ3) is 2.72. The van der Waals surface area contributed by atoms with Gasteiger partial charge >= 0.3 is 5.97 Å². The first-order chi connectivity index (χ1) is 6.09. The van der Waals surface area contributed by atoms with Crippen LogP contribution in [-0.4, -0.2) is 22.1 Å². The van der Waals surface area contributed by atoms with Gasteiger partial charge in [0.15, 0.2) is 0 Å². The molecule has 1 unspecified atom stereocenters. The fourth-order valence-electron chi connectivity index (χ4n) is 0.924. The molecule has 13 heavy (non-hydrogen) atoms. The molecular formula is C8H11N3O2. The zero-order chi connectivity index (χ0) is 9.84. The lowest BCUT2D eigenvalue weighted by atomic mass is 10.1. The molecule has 70 valence electrons. The average Bonchev–Trinajstić information content (AvgIpc) is 2.04. The predicted octanol–water partition coefficient (Wildman–Crippen LogP) is -0.382. The summed E-state index contributed by atoms with van der Waals surface area (Å²) in [6.07, 6.45) is 0.195. The molecule has 0 aliphatic rings. The predicted molar refractivity (Wildman–Crippen MR) is 48.0 cm³/mol. The first-order valence-electron chi connectivity index (χ1n) is 3.79. The highest BCUT2D eigenvalue weighted by Gasteiger charge is 2.12. The number of carboxylic acid groups (broad SMARTS) is 1. The van der Waals surface area contributed by atoms with E-state index in [9.17, 15) is 4.79 Å². The molecule has 0 fully saturated rings. The Morgan fingerprint density at radius 3 is 2.85 bits per heavy atom. The second kappa shape index (κ2) is 3.86. The van der Waals surface area contributed by atoms with Gasteiger partial charge in [0.25, 0.3) is 0 Å². The van der Waals surface area contributed by atoms with Crippen LogP contribution in [0, 0.1) is 0 Å². The summed E-state index contributed by atoms with van der Waals surface area (Å²) < 4.78 is 0. The molecule has 1 aromatic rings. The van der Waals surface area contributed by atoms with Crippen LogP contribution in [0.15, 0.2) is 18.2 Å². The minimum atomic E-state index is -1.04. The quantitative estimate of drug-likeness (QED) is 0.589. The van der Waals surface area contributed by atoms with E-state index in [0.717, 1.165) is 0 Å². The number of anilines is 1. The summed E-state index contributed by atoms with van der Waals surface area (Å²) in [5, 5.41) is 8.53. The third-order valence-corrected chi connectivity index (χ3v) is 1.57. The molecule has 1 rings (SSSR count). The maximum absolute atomic E-state index is 10.4. The molecule has 0 amide bonds. The summed E-state index contributed by atoms with van der Waals surface area (Å²) in [6, 6.07) is 4.12. The number of aliphatic carboxylic acids is 1. The summed E-state index contributed by atoms with van der Waals surface area (Å²) >= 11 is 0. The van der Waals surface area contributed by atoms with E-state index in [1.54, 1.807) is 18.2 Å². The average molecular weight is 181 g/mol. The minimum Gasteiger partial charge on any atom is -0.480 e. The summed E-state index contributed by atoms with van der Waals surface area (Å²) in [4.78, 5) is 14.3. The molecule has 1 aromatic heterocycles. The van der Waals surface area contributed by atoms with Gasteiger partial charge in [-0.1, -0.05) is 6.07 Å².